The second-order valence-corrected chi connectivity index (χ2v) is 7.46. The molecule has 0 radical (unpaired) electrons. The fourth-order valence-electron chi connectivity index (χ4n) is 2.45. The van der Waals surface area contributed by atoms with Gasteiger partial charge in [0.2, 0.25) is 0 Å². The molecule has 2 aromatic heterocycles. The van der Waals surface area contributed by atoms with Crippen LogP contribution in [0.3, 0.4) is 0 Å². The van der Waals surface area contributed by atoms with Crippen LogP contribution in [-0.4, -0.2) is 27.5 Å². The SMILES string of the molecule is CCC(C)N(CC)c1nc2sccn2c1CNC(C)(C)C. The molecule has 0 aliphatic heterocycles. The molecule has 1 unspecified atom stereocenters. The van der Waals surface area contributed by atoms with Crippen molar-refractivity contribution in [3.8, 4) is 0 Å². The molecule has 2 heterocycles. The van der Waals surface area contributed by atoms with E-state index >= 15 is 0 Å². The molecule has 2 aromatic rings. The van der Waals surface area contributed by atoms with Crippen LogP contribution < -0.4 is 10.2 Å². The molecule has 1 N–H and O–H groups in total. The molecule has 21 heavy (non-hydrogen) atoms. The van der Waals surface area contributed by atoms with E-state index in [4.69, 9.17) is 4.98 Å². The minimum Gasteiger partial charge on any atom is -0.353 e. The molecule has 0 fully saturated rings. The van der Waals surface area contributed by atoms with E-state index in [0.29, 0.717) is 6.04 Å². The summed E-state index contributed by atoms with van der Waals surface area (Å²) >= 11 is 1.70. The first-order valence-corrected chi connectivity index (χ1v) is 8.71. The highest BCUT2D eigenvalue weighted by Gasteiger charge is 2.22. The first-order chi connectivity index (χ1) is 9.87. The lowest BCUT2D eigenvalue weighted by molar-refractivity contribution is 0.420. The fraction of sp³-hybridized carbons (Fsp3) is 0.688. The summed E-state index contributed by atoms with van der Waals surface area (Å²) in [7, 11) is 0. The number of hydrogen-bond acceptors (Lipinski definition) is 4. The number of thiazole rings is 1. The second kappa shape index (κ2) is 6.36. The zero-order chi connectivity index (χ0) is 15.6. The first kappa shape index (κ1) is 16.3. The highest BCUT2D eigenvalue weighted by Crippen LogP contribution is 2.27. The van der Waals surface area contributed by atoms with Crippen molar-refractivity contribution in [3.63, 3.8) is 0 Å². The largest absolute Gasteiger partial charge is 0.353 e. The number of nitrogens with one attached hydrogen (secondary N) is 1. The molecule has 1 atom stereocenters. The van der Waals surface area contributed by atoms with Gasteiger partial charge in [0.25, 0.3) is 0 Å². The van der Waals surface area contributed by atoms with E-state index in [1.54, 1.807) is 11.3 Å². The van der Waals surface area contributed by atoms with Crippen molar-refractivity contribution in [2.75, 3.05) is 11.4 Å². The summed E-state index contributed by atoms with van der Waals surface area (Å²) in [6.07, 6.45) is 3.26. The molecule has 0 saturated heterocycles. The maximum absolute atomic E-state index is 4.88. The van der Waals surface area contributed by atoms with Gasteiger partial charge in [0.05, 0.1) is 5.69 Å². The topological polar surface area (TPSA) is 32.6 Å². The normalized spacial score (nSPS) is 13.8. The molecule has 0 aliphatic rings. The minimum absolute atomic E-state index is 0.102. The van der Waals surface area contributed by atoms with Crippen LogP contribution in [0.1, 0.15) is 53.7 Å². The number of imidazole rings is 1. The number of rotatable bonds is 6. The van der Waals surface area contributed by atoms with E-state index in [0.717, 1.165) is 30.3 Å². The van der Waals surface area contributed by atoms with Crippen LogP contribution in [0.4, 0.5) is 5.82 Å². The Hall–Kier alpha value is -1.07. The minimum atomic E-state index is 0.102. The van der Waals surface area contributed by atoms with Gasteiger partial charge in [-0.25, -0.2) is 4.98 Å². The van der Waals surface area contributed by atoms with Crippen LogP contribution in [0.5, 0.6) is 0 Å². The summed E-state index contributed by atoms with van der Waals surface area (Å²) in [4.78, 5) is 8.38. The molecule has 5 heteroatoms. The van der Waals surface area contributed by atoms with Crippen LogP contribution >= 0.6 is 11.3 Å². The van der Waals surface area contributed by atoms with Crippen molar-refractivity contribution in [1.82, 2.24) is 14.7 Å². The summed E-state index contributed by atoms with van der Waals surface area (Å²) in [6, 6.07) is 0.507. The molecule has 0 aliphatic carbocycles. The highest BCUT2D eigenvalue weighted by atomic mass is 32.1. The third kappa shape index (κ3) is 3.58. The van der Waals surface area contributed by atoms with Gasteiger partial charge in [0, 0.05) is 36.2 Å². The zero-order valence-electron chi connectivity index (χ0n) is 14.1. The van der Waals surface area contributed by atoms with Crippen LogP contribution in [0.25, 0.3) is 4.96 Å². The van der Waals surface area contributed by atoms with Gasteiger partial charge in [-0.15, -0.1) is 11.3 Å². The third-order valence-electron chi connectivity index (χ3n) is 3.86. The van der Waals surface area contributed by atoms with E-state index in [1.165, 1.54) is 5.69 Å². The van der Waals surface area contributed by atoms with Crippen molar-refractivity contribution < 1.29 is 0 Å². The summed E-state index contributed by atoms with van der Waals surface area (Å²) in [5.74, 6) is 1.13. The van der Waals surface area contributed by atoms with E-state index in [9.17, 15) is 0 Å². The third-order valence-corrected chi connectivity index (χ3v) is 4.62. The van der Waals surface area contributed by atoms with Gasteiger partial charge in [0.1, 0.15) is 0 Å². The zero-order valence-corrected chi connectivity index (χ0v) is 14.9. The molecule has 0 bridgehead atoms. The number of aromatic nitrogens is 2. The van der Waals surface area contributed by atoms with Gasteiger partial charge >= 0.3 is 0 Å². The summed E-state index contributed by atoms with van der Waals surface area (Å²) in [5.41, 5.74) is 1.37. The second-order valence-electron chi connectivity index (χ2n) is 6.58. The van der Waals surface area contributed by atoms with E-state index in [-0.39, 0.29) is 5.54 Å². The summed E-state index contributed by atoms with van der Waals surface area (Å²) < 4.78 is 2.23. The van der Waals surface area contributed by atoms with Crippen molar-refractivity contribution >= 4 is 22.1 Å². The molecule has 4 nitrogen and oxygen atoms in total. The van der Waals surface area contributed by atoms with Crippen LogP contribution in [0.2, 0.25) is 0 Å². The van der Waals surface area contributed by atoms with Gasteiger partial charge in [-0.2, -0.15) is 0 Å². The van der Waals surface area contributed by atoms with Crippen molar-refractivity contribution in [2.24, 2.45) is 0 Å². The predicted molar refractivity (Wildman–Crippen MR) is 92.4 cm³/mol. The molecule has 0 spiro atoms. The van der Waals surface area contributed by atoms with E-state index < -0.39 is 0 Å². The quantitative estimate of drug-likeness (QED) is 0.878. The lowest BCUT2D eigenvalue weighted by Gasteiger charge is -2.29. The molecular formula is C16H28N4S. The van der Waals surface area contributed by atoms with Gasteiger partial charge in [-0.3, -0.25) is 4.40 Å². The number of hydrogen-bond donors (Lipinski definition) is 1. The Morgan fingerprint density at radius 2 is 2.10 bits per heavy atom. The van der Waals surface area contributed by atoms with Gasteiger partial charge in [-0.1, -0.05) is 6.92 Å². The number of fused-ring (bicyclic) bond motifs is 1. The highest BCUT2D eigenvalue weighted by molar-refractivity contribution is 7.15. The fourth-order valence-corrected chi connectivity index (χ4v) is 3.18. The maximum atomic E-state index is 4.88. The Kier molecular flexibility index (Phi) is 4.94. The lowest BCUT2D eigenvalue weighted by atomic mass is 10.1. The average molecular weight is 308 g/mol. The monoisotopic (exact) mass is 308 g/mol. The Labute approximate surface area is 132 Å². The number of anilines is 1. The standard InChI is InChI=1S/C16H28N4S/c1-7-12(3)19(8-2)14-13(11-17-16(4,5)6)20-9-10-21-15(20)18-14/h9-10,12,17H,7-8,11H2,1-6H3. The van der Waals surface area contributed by atoms with Crippen molar-refractivity contribution in [2.45, 2.75) is 66.1 Å². The van der Waals surface area contributed by atoms with Gasteiger partial charge < -0.3 is 10.2 Å². The molecule has 0 aromatic carbocycles. The van der Waals surface area contributed by atoms with Crippen LogP contribution in [0, 0.1) is 0 Å². The average Bonchev–Trinajstić information content (AvgIpc) is 2.97. The number of nitrogens with zero attached hydrogens (tertiary/aromatic N) is 3. The molecular weight excluding hydrogens is 280 g/mol. The molecule has 0 amide bonds. The van der Waals surface area contributed by atoms with Crippen LogP contribution in [0.15, 0.2) is 11.6 Å². The Morgan fingerprint density at radius 3 is 2.67 bits per heavy atom. The maximum Gasteiger partial charge on any atom is 0.195 e. The molecule has 2 rings (SSSR count). The molecule has 0 saturated carbocycles. The van der Waals surface area contributed by atoms with Crippen LogP contribution in [-0.2, 0) is 6.54 Å². The Bertz CT molecular complexity index is 579. The predicted octanol–water partition coefficient (Wildman–Crippen LogP) is 3.91. The van der Waals surface area contributed by atoms with Gasteiger partial charge in [-0.05, 0) is 41.0 Å². The Morgan fingerprint density at radius 1 is 1.38 bits per heavy atom. The Balaban J connectivity index is 2.39. The van der Waals surface area contributed by atoms with E-state index in [1.807, 2.05) is 0 Å². The summed E-state index contributed by atoms with van der Waals surface area (Å²) in [5, 5.41) is 5.70. The first-order valence-electron chi connectivity index (χ1n) is 7.83. The smallest absolute Gasteiger partial charge is 0.195 e. The summed E-state index contributed by atoms with van der Waals surface area (Å²) in [6.45, 7) is 15.1. The van der Waals surface area contributed by atoms with Crippen molar-refractivity contribution in [3.05, 3.63) is 17.3 Å². The molecule has 118 valence electrons. The van der Waals surface area contributed by atoms with Gasteiger partial charge in [0.15, 0.2) is 10.8 Å². The van der Waals surface area contributed by atoms with E-state index in [2.05, 4.69) is 67.7 Å². The lowest BCUT2D eigenvalue weighted by Crippen LogP contribution is -2.37. The van der Waals surface area contributed by atoms with Crippen molar-refractivity contribution in [1.29, 1.82) is 0 Å².